The maximum Gasteiger partial charge on any atom is 0.344 e. The average molecular weight is 467 g/mol. The fourth-order valence-electron chi connectivity index (χ4n) is 3.69. The monoisotopic (exact) mass is 466 g/mol. The lowest BCUT2D eigenvalue weighted by atomic mass is 9.83. The summed E-state index contributed by atoms with van der Waals surface area (Å²) >= 11 is 1.03. The van der Waals surface area contributed by atoms with E-state index < -0.39 is 23.4 Å². The highest BCUT2D eigenvalue weighted by Crippen LogP contribution is 2.35. The van der Waals surface area contributed by atoms with Gasteiger partial charge in [0.2, 0.25) is 5.91 Å². The number of aromatic amines is 1. The van der Waals surface area contributed by atoms with Crippen molar-refractivity contribution in [2.24, 2.45) is 0 Å². The molecule has 2 aromatic carbocycles. The van der Waals surface area contributed by atoms with E-state index in [1.165, 1.54) is 4.57 Å². The van der Waals surface area contributed by atoms with Gasteiger partial charge in [-0.15, -0.1) is 5.10 Å². The highest BCUT2D eigenvalue weighted by Gasteiger charge is 2.54. The van der Waals surface area contributed by atoms with Crippen molar-refractivity contribution >= 4 is 29.6 Å². The van der Waals surface area contributed by atoms with Gasteiger partial charge in [0.25, 0.3) is 5.91 Å². The summed E-state index contributed by atoms with van der Waals surface area (Å²) in [6.45, 7) is 2.38. The number of carbonyl (C=O) groups is 3. The molecule has 170 valence electrons. The highest BCUT2D eigenvalue weighted by atomic mass is 32.2. The van der Waals surface area contributed by atoms with E-state index in [0.717, 1.165) is 18.2 Å². The summed E-state index contributed by atoms with van der Waals surface area (Å²) in [5.74, 6) is -1.35. The molecule has 1 aliphatic rings. The van der Waals surface area contributed by atoms with E-state index in [2.05, 4.69) is 20.9 Å². The summed E-state index contributed by atoms with van der Waals surface area (Å²) in [7, 11) is 0. The lowest BCUT2D eigenvalue weighted by Gasteiger charge is -2.27. The van der Waals surface area contributed by atoms with Crippen LogP contribution in [0.4, 0.5) is 4.79 Å². The van der Waals surface area contributed by atoms with Crippen molar-refractivity contribution < 1.29 is 14.4 Å². The molecule has 11 heteroatoms. The summed E-state index contributed by atoms with van der Waals surface area (Å²) in [4.78, 5) is 50.8. The smallest absolute Gasteiger partial charge is 0.314 e. The van der Waals surface area contributed by atoms with Crippen molar-refractivity contribution in [1.82, 2.24) is 30.5 Å². The molecule has 1 fully saturated rings. The molecule has 1 saturated heterocycles. The first kappa shape index (κ1) is 22.3. The molecule has 10 nitrogen and oxygen atoms in total. The van der Waals surface area contributed by atoms with E-state index in [4.69, 9.17) is 0 Å². The second kappa shape index (κ2) is 9.33. The van der Waals surface area contributed by atoms with Gasteiger partial charge in [-0.2, -0.15) is 5.01 Å². The van der Waals surface area contributed by atoms with Gasteiger partial charge >= 0.3 is 11.7 Å². The zero-order chi connectivity index (χ0) is 23.4. The lowest BCUT2D eigenvalue weighted by molar-refractivity contribution is -0.137. The predicted molar refractivity (Wildman–Crippen MR) is 121 cm³/mol. The van der Waals surface area contributed by atoms with Gasteiger partial charge in [-0.05, 0) is 17.5 Å². The zero-order valence-electron chi connectivity index (χ0n) is 17.8. The largest absolute Gasteiger partial charge is 0.344 e. The summed E-state index contributed by atoms with van der Waals surface area (Å²) < 4.78 is 1.43. The normalized spacial score (nSPS) is 14.9. The Labute approximate surface area is 193 Å². The molecule has 3 aromatic rings. The number of aromatic nitrogens is 3. The van der Waals surface area contributed by atoms with Crippen molar-refractivity contribution in [2.45, 2.75) is 30.6 Å². The number of hydrogen-bond acceptors (Lipinski definition) is 6. The molecule has 2 heterocycles. The van der Waals surface area contributed by atoms with Crippen molar-refractivity contribution in [1.29, 1.82) is 0 Å². The number of thioether (sulfide) groups is 1. The first-order valence-corrected chi connectivity index (χ1v) is 11.3. The number of nitrogens with zero attached hydrogens (tertiary/aromatic N) is 3. The van der Waals surface area contributed by atoms with E-state index in [9.17, 15) is 19.2 Å². The molecule has 0 unspecified atom stereocenters. The molecule has 0 saturated carbocycles. The van der Waals surface area contributed by atoms with Gasteiger partial charge in [-0.3, -0.25) is 19.6 Å². The number of rotatable bonds is 8. The van der Waals surface area contributed by atoms with Crippen LogP contribution in [-0.4, -0.2) is 43.4 Å². The zero-order valence-corrected chi connectivity index (χ0v) is 18.6. The molecule has 33 heavy (non-hydrogen) atoms. The number of nitrogens with one attached hydrogen (secondary N) is 3. The minimum Gasteiger partial charge on any atom is -0.314 e. The molecule has 4 rings (SSSR count). The summed E-state index contributed by atoms with van der Waals surface area (Å²) in [5.41, 5.74) is 1.70. The van der Waals surface area contributed by atoms with Crippen LogP contribution in [0.3, 0.4) is 0 Å². The van der Waals surface area contributed by atoms with Crippen LogP contribution >= 0.6 is 11.8 Å². The minimum atomic E-state index is -1.47. The number of hydrogen-bond donors (Lipinski definition) is 3. The van der Waals surface area contributed by atoms with Gasteiger partial charge in [0, 0.05) is 6.54 Å². The van der Waals surface area contributed by atoms with Crippen molar-refractivity contribution in [3.8, 4) is 0 Å². The van der Waals surface area contributed by atoms with Gasteiger partial charge in [0.1, 0.15) is 0 Å². The molecule has 0 radical (unpaired) electrons. The van der Waals surface area contributed by atoms with E-state index in [0.29, 0.717) is 27.8 Å². The van der Waals surface area contributed by atoms with Gasteiger partial charge in [0.15, 0.2) is 10.7 Å². The molecular formula is C22H22N6O4S. The Bertz CT molecular complexity index is 1180. The molecule has 4 amide bonds. The maximum absolute atomic E-state index is 13.5. The topological polar surface area (TPSA) is 129 Å². The fraction of sp³-hybridized carbons (Fsp3) is 0.227. The number of hydrazine groups is 1. The maximum atomic E-state index is 13.5. The van der Waals surface area contributed by atoms with Crippen molar-refractivity contribution in [3.05, 3.63) is 82.3 Å². The van der Waals surface area contributed by atoms with Crippen LogP contribution in [0.5, 0.6) is 0 Å². The second-order valence-corrected chi connectivity index (χ2v) is 8.28. The Morgan fingerprint density at radius 3 is 2.21 bits per heavy atom. The Morgan fingerprint density at radius 1 is 1.03 bits per heavy atom. The third kappa shape index (κ3) is 4.14. The Morgan fingerprint density at radius 2 is 1.64 bits per heavy atom. The summed E-state index contributed by atoms with van der Waals surface area (Å²) in [5, 5.41) is 10.1. The van der Waals surface area contributed by atoms with Crippen LogP contribution in [-0.2, 0) is 21.7 Å². The fourth-order valence-corrected chi connectivity index (χ4v) is 4.45. The van der Waals surface area contributed by atoms with Crippen LogP contribution in [0, 0.1) is 0 Å². The molecule has 3 N–H and O–H groups in total. The van der Waals surface area contributed by atoms with Gasteiger partial charge in [0.05, 0.1) is 5.75 Å². The van der Waals surface area contributed by atoms with Crippen molar-refractivity contribution in [3.63, 3.8) is 0 Å². The van der Waals surface area contributed by atoms with Crippen LogP contribution in [0.15, 0.2) is 70.6 Å². The highest BCUT2D eigenvalue weighted by molar-refractivity contribution is 7.99. The van der Waals surface area contributed by atoms with Crippen molar-refractivity contribution in [2.75, 3.05) is 5.75 Å². The Kier molecular flexibility index (Phi) is 6.31. The van der Waals surface area contributed by atoms with Crippen LogP contribution in [0.1, 0.15) is 24.5 Å². The summed E-state index contributed by atoms with van der Waals surface area (Å²) in [6, 6.07) is 17.0. The Balaban J connectivity index is 1.55. The van der Waals surface area contributed by atoms with E-state index >= 15 is 0 Å². The summed E-state index contributed by atoms with van der Waals surface area (Å²) in [6.07, 6.45) is 0.725. The molecule has 0 bridgehead atoms. The molecule has 0 atom stereocenters. The van der Waals surface area contributed by atoms with Gasteiger partial charge in [-0.1, -0.05) is 79.3 Å². The number of amides is 4. The van der Waals surface area contributed by atoms with Crippen LogP contribution < -0.4 is 16.4 Å². The molecule has 1 aliphatic heterocycles. The first-order valence-electron chi connectivity index (χ1n) is 10.3. The number of imide groups is 1. The predicted octanol–water partition coefficient (Wildman–Crippen LogP) is 1.60. The van der Waals surface area contributed by atoms with E-state index in [1.807, 2.05) is 19.1 Å². The quantitative estimate of drug-likeness (QED) is 0.342. The first-order chi connectivity index (χ1) is 16.0. The molecule has 0 spiro atoms. The van der Waals surface area contributed by atoms with E-state index in [-0.39, 0.29) is 11.4 Å². The second-order valence-electron chi connectivity index (χ2n) is 7.34. The average Bonchev–Trinajstić information content (AvgIpc) is 3.31. The third-order valence-corrected chi connectivity index (χ3v) is 6.15. The van der Waals surface area contributed by atoms with Gasteiger partial charge in [-0.25, -0.2) is 14.7 Å². The van der Waals surface area contributed by atoms with E-state index in [1.54, 1.807) is 48.5 Å². The van der Waals surface area contributed by atoms with Crippen LogP contribution in [0.2, 0.25) is 0 Å². The number of carbonyl (C=O) groups excluding carboxylic acids is 3. The number of benzene rings is 2. The third-order valence-electron chi connectivity index (χ3n) is 5.17. The molecule has 1 aromatic heterocycles. The SMILES string of the molecule is CCCn1c(SCC(=O)NN2C(=O)NC(c3ccccc3)(c3ccccc3)C2=O)n[nH]c1=O. The number of urea groups is 1. The number of H-pyrrole nitrogens is 1. The minimum absolute atomic E-state index is 0.144. The van der Waals surface area contributed by atoms with Gasteiger partial charge < -0.3 is 5.32 Å². The molecular weight excluding hydrogens is 444 g/mol. The standard InChI is InChI=1S/C22H22N6O4S/c1-2-13-27-20(32)24-25-21(27)33-14-17(29)26-28-18(30)22(23-19(28)31,15-9-5-3-6-10-15)16-11-7-4-8-12-16/h3-12H,2,13-14H2,1H3,(H,23,31)(H,24,32)(H,26,29). The lowest BCUT2D eigenvalue weighted by Crippen LogP contribution is -2.49. The van der Waals surface area contributed by atoms with Crippen LogP contribution in [0.25, 0.3) is 0 Å². The molecule has 0 aliphatic carbocycles. The Hall–Kier alpha value is -3.86.